The molecule has 4 rings (SSSR count). The molecule has 1 atom stereocenters. The lowest BCUT2D eigenvalue weighted by atomic mass is 10.1. The number of morpholine rings is 1. The lowest BCUT2D eigenvalue weighted by Crippen LogP contribution is -2.52. The zero-order valence-electron chi connectivity index (χ0n) is 23.8. The van der Waals surface area contributed by atoms with Gasteiger partial charge in [-0.1, -0.05) is 0 Å². The second-order valence-electron chi connectivity index (χ2n) is 11.0. The highest BCUT2D eigenvalue weighted by Gasteiger charge is 2.28. The average Bonchev–Trinajstić information content (AvgIpc) is 2.89. The van der Waals surface area contributed by atoms with E-state index in [9.17, 15) is 5.11 Å². The molecule has 2 aromatic rings. The monoisotopic (exact) mass is 532 g/mol. The van der Waals surface area contributed by atoms with Crippen molar-refractivity contribution < 1.29 is 24.1 Å². The third-order valence-corrected chi connectivity index (χ3v) is 6.71. The van der Waals surface area contributed by atoms with Crippen LogP contribution in [0.15, 0.2) is 12.1 Å². The second-order valence-corrected chi connectivity index (χ2v) is 11.0. The number of nitrogens with zero attached hydrogens (tertiary/aromatic N) is 6. The minimum atomic E-state index is -0.931. The van der Waals surface area contributed by atoms with E-state index in [1.54, 1.807) is 7.11 Å². The van der Waals surface area contributed by atoms with Crippen LogP contribution in [0, 0.1) is 0 Å². The van der Waals surface area contributed by atoms with Gasteiger partial charge in [0.2, 0.25) is 12.4 Å². The van der Waals surface area contributed by atoms with E-state index >= 15 is 0 Å². The maximum absolute atomic E-state index is 10.5. The van der Waals surface area contributed by atoms with Crippen molar-refractivity contribution in [2.75, 3.05) is 96.6 Å². The van der Waals surface area contributed by atoms with Gasteiger partial charge in [-0.05, 0) is 33.3 Å². The molecule has 1 N–H and O–H groups in total. The van der Waals surface area contributed by atoms with Gasteiger partial charge >= 0.3 is 0 Å². The van der Waals surface area contributed by atoms with Gasteiger partial charge in [-0.3, -0.25) is 9.80 Å². The van der Waals surface area contributed by atoms with Crippen LogP contribution in [0.5, 0.6) is 11.5 Å². The standard InChI is InChI=1S/C27H44N6O5/c1-27(2,3)38-26(34)33-11-9-32(10-12-33)24-20-18-22(35-6)23(19-21(20)28-25(29-24)30(4)5)37-15-7-8-31-13-16-36-17-14-31/h18-19,26,34H,7-17H2,1-6H3. The Kier molecular flexibility index (Phi) is 9.48. The van der Waals surface area contributed by atoms with Crippen molar-refractivity contribution in [1.82, 2.24) is 19.8 Å². The summed E-state index contributed by atoms with van der Waals surface area (Å²) in [5.41, 5.74) is 0.389. The molecule has 2 saturated heterocycles. The van der Waals surface area contributed by atoms with Crippen LogP contribution in [0.2, 0.25) is 0 Å². The van der Waals surface area contributed by atoms with Crippen LogP contribution in [0.25, 0.3) is 10.9 Å². The number of aromatic nitrogens is 2. The fourth-order valence-corrected chi connectivity index (χ4v) is 4.66. The van der Waals surface area contributed by atoms with Crippen molar-refractivity contribution in [2.24, 2.45) is 0 Å². The van der Waals surface area contributed by atoms with Crippen molar-refractivity contribution in [2.45, 2.75) is 39.2 Å². The molecule has 1 aromatic carbocycles. The molecule has 0 bridgehead atoms. The lowest BCUT2D eigenvalue weighted by molar-refractivity contribution is -0.239. The summed E-state index contributed by atoms with van der Waals surface area (Å²) in [4.78, 5) is 18.2. The summed E-state index contributed by atoms with van der Waals surface area (Å²) in [6.07, 6.45) is -0.00603. The molecule has 1 aromatic heterocycles. The van der Waals surface area contributed by atoms with Gasteiger partial charge in [-0.25, -0.2) is 4.98 Å². The number of hydrogen-bond acceptors (Lipinski definition) is 11. The number of piperazine rings is 1. The number of methoxy groups -OCH3 is 1. The van der Waals surface area contributed by atoms with E-state index in [-0.39, 0.29) is 0 Å². The maximum atomic E-state index is 10.5. The van der Waals surface area contributed by atoms with Gasteiger partial charge in [-0.2, -0.15) is 4.98 Å². The van der Waals surface area contributed by atoms with E-state index in [1.807, 2.05) is 56.8 Å². The first kappa shape index (κ1) is 28.6. The summed E-state index contributed by atoms with van der Waals surface area (Å²) < 4.78 is 23.1. The van der Waals surface area contributed by atoms with Gasteiger partial charge in [0.25, 0.3) is 0 Å². The SMILES string of the molecule is COc1cc2c(N3CCN(C(O)OC(C)(C)C)CC3)nc(N(C)C)nc2cc1OCCCN1CCOCC1. The van der Waals surface area contributed by atoms with Crippen LogP contribution in [0.1, 0.15) is 27.2 Å². The summed E-state index contributed by atoms with van der Waals surface area (Å²) in [6, 6.07) is 3.93. The zero-order valence-corrected chi connectivity index (χ0v) is 23.8. The molecule has 0 aliphatic carbocycles. The van der Waals surface area contributed by atoms with Gasteiger partial charge in [0.15, 0.2) is 11.5 Å². The number of rotatable bonds is 10. The fraction of sp³-hybridized carbons (Fsp3) is 0.704. The summed E-state index contributed by atoms with van der Waals surface area (Å²) in [7, 11) is 5.54. The van der Waals surface area contributed by atoms with Crippen LogP contribution in [0.4, 0.5) is 11.8 Å². The molecular weight excluding hydrogens is 488 g/mol. The Morgan fingerprint density at radius 1 is 1.03 bits per heavy atom. The van der Waals surface area contributed by atoms with Crippen molar-refractivity contribution in [3.63, 3.8) is 0 Å². The van der Waals surface area contributed by atoms with Crippen LogP contribution < -0.4 is 19.3 Å². The summed E-state index contributed by atoms with van der Waals surface area (Å²) in [5.74, 6) is 2.83. The molecular formula is C27H44N6O5. The molecule has 3 heterocycles. The van der Waals surface area contributed by atoms with Gasteiger partial charge in [0, 0.05) is 71.4 Å². The first-order valence-electron chi connectivity index (χ1n) is 13.5. The van der Waals surface area contributed by atoms with E-state index < -0.39 is 12.0 Å². The van der Waals surface area contributed by atoms with E-state index in [0.717, 1.165) is 56.0 Å². The molecule has 0 spiro atoms. The Morgan fingerprint density at radius 2 is 1.74 bits per heavy atom. The van der Waals surface area contributed by atoms with Gasteiger partial charge in [0.05, 0.1) is 38.0 Å². The number of fused-ring (bicyclic) bond motifs is 1. The third-order valence-electron chi connectivity index (χ3n) is 6.71. The minimum absolute atomic E-state index is 0.418. The summed E-state index contributed by atoms with van der Waals surface area (Å²) >= 11 is 0. The molecule has 11 nitrogen and oxygen atoms in total. The minimum Gasteiger partial charge on any atom is -0.493 e. The van der Waals surface area contributed by atoms with Crippen molar-refractivity contribution in [1.29, 1.82) is 0 Å². The van der Waals surface area contributed by atoms with Gasteiger partial charge in [0.1, 0.15) is 5.82 Å². The number of ether oxygens (including phenoxy) is 4. The highest BCUT2D eigenvalue weighted by molar-refractivity contribution is 5.93. The molecule has 2 aliphatic heterocycles. The molecule has 212 valence electrons. The van der Waals surface area contributed by atoms with Crippen molar-refractivity contribution in [3.05, 3.63) is 12.1 Å². The Bertz CT molecular complexity index is 1050. The predicted molar refractivity (Wildman–Crippen MR) is 148 cm³/mol. The fourth-order valence-electron chi connectivity index (χ4n) is 4.66. The largest absolute Gasteiger partial charge is 0.493 e. The molecule has 0 amide bonds. The molecule has 2 fully saturated rings. The Labute approximate surface area is 226 Å². The van der Waals surface area contributed by atoms with Crippen LogP contribution >= 0.6 is 0 Å². The maximum Gasteiger partial charge on any atom is 0.227 e. The molecule has 2 aliphatic rings. The predicted octanol–water partition coefficient (Wildman–Crippen LogP) is 2.02. The van der Waals surface area contributed by atoms with Crippen molar-refractivity contribution in [3.8, 4) is 11.5 Å². The number of anilines is 2. The van der Waals surface area contributed by atoms with E-state index in [2.05, 4.69) is 9.80 Å². The van der Waals surface area contributed by atoms with Crippen LogP contribution in [-0.4, -0.2) is 124 Å². The first-order valence-corrected chi connectivity index (χ1v) is 13.5. The third kappa shape index (κ3) is 7.35. The highest BCUT2D eigenvalue weighted by Crippen LogP contribution is 2.36. The average molecular weight is 533 g/mol. The molecule has 0 radical (unpaired) electrons. The Hall–Kier alpha value is -2.44. The Balaban J connectivity index is 1.50. The highest BCUT2D eigenvalue weighted by atomic mass is 16.6. The first-order chi connectivity index (χ1) is 18.1. The normalized spacial score (nSPS) is 18.6. The molecule has 0 saturated carbocycles. The number of aliphatic hydroxyl groups is 1. The number of benzene rings is 1. The molecule has 1 unspecified atom stereocenters. The second kappa shape index (κ2) is 12.6. The van der Waals surface area contributed by atoms with Crippen LogP contribution in [-0.2, 0) is 9.47 Å². The van der Waals surface area contributed by atoms with Gasteiger partial charge < -0.3 is 33.9 Å². The van der Waals surface area contributed by atoms with Crippen LogP contribution in [0.3, 0.4) is 0 Å². The summed E-state index contributed by atoms with van der Waals surface area (Å²) in [5, 5.41) is 11.4. The van der Waals surface area contributed by atoms with Gasteiger partial charge in [-0.15, -0.1) is 0 Å². The number of hydrogen-bond donors (Lipinski definition) is 1. The van der Waals surface area contributed by atoms with Crippen molar-refractivity contribution >= 4 is 22.7 Å². The quantitative estimate of drug-likeness (QED) is 0.360. The summed E-state index contributed by atoms with van der Waals surface area (Å²) in [6.45, 7) is 13.7. The smallest absolute Gasteiger partial charge is 0.227 e. The lowest BCUT2D eigenvalue weighted by Gasteiger charge is -2.39. The topological polar surface area (TPSA) is 95.9 Å². The molecule has 11 heteroatoms. The van der Waals surface area contributed by atoms with E-state index in [0.29, 0.717) is 50.2 Å². The molecule has 38 heavy (non-hydrogen) atoms. The zero-order chi connectivity index (χ0) is 27.3. The number of aliphatic hydroxyl groups excluding tert-OH is 1. The Morgan fingerprint density at radius 3 is 2.37 bits per heavy atom. The van der Waals surface area contributed by atoms with E-state index in [1.165, 1.54) is 0 Å². The van der Waals surface area contributed by atoms with E-state index in [4.69, 9.17) is 28.9 Å².